The van der Waals surface area contributed by atoms with Crippen LogP contribution in [0.4, 0.5) is 5.69 Å². The van der Waals surface area contributed by atoms with E-state index < -0.39 is 0 Å². The molecule has 0 saturated carbocycles. The molecule has 0 aliphatic carbocycles. The van der Waals surface area contributed by atoms with Gasteiger partial charge in [0.05, 0.1) is 0 Å². The lowest BCUT2D eigenvalue weighted by Gasteiger charge is -2.29. The highest BCUT2D eigenvalue weighted by Gasteiger charge is 2.17. The van der Waals surface area contributed by atoms with E-state index in [1.165, 1.54) is 42.8 Å². The van der Waals surface area contributed by atoms with Crippen LogP contribution in [0, 0.1) is 0 Å². The Kier molecular flexibility index (Phi) is 4.75. The SMILES string of the molecule is CSCCCCN1CCc2cccc(N)c2C1. The second kappa shape index (κ2) is 6.31. The second-order valence-electron chi connectivity index (χ2n) is 4.71. The van der Waals surface area contributed by atoms with Gasteiger partial charge < -0.3 is 5.73 Å². The highest BCUT2D eigenvalue weighted by atomic mass is 32.2. The summed E-state index contributed by atoms with van der Waals surface area (Å²) in [6.07, 6.45) is 5.97. The number of nitrogens with two attached hydrogens (primary N) is 1. The van der Waals surface area contributed by atoms with E-state index in [0.717, 1.165) is 18.7 Å². The van der Waals surface area contributed by atoms with E-state index in [2.05, 4.69) is 23.3 Å². The van der Waals surface area contributed by atoms with Gasteiger partial charge in [0.15, 0.2) is 0 Å². The van der Waals surface area contributed by atoms with Crippen molar-refractivity contribution < 1.29 is 0 Å². The summed E-state index contributed by atoms with van der Waals surface area (Å²) in [6.45, 7) is 3.45. The number of anilines is 1. The third-order valence-electron chi connectivity index (χ3n) is 3.46. The summed E-state index contributed by atoms with van der Waals surface area (Å²) in [6, 6.07) is 6.31. The first-order valence-corrected chi connectivity index (χ1v) is 7.78. The van der Waals surface area contributed by atoms with Crippen LogP contribution in [0.1, 0.15) is 24.0 Å². The van der Waals surface area contributed by atoms with Crippen molar-refractivity contribution >= 4 is 17.4 Å². The van der Waals surface area contributed by atoms with E-state index in [1.807, 2.05) is 17.8 Å². The van der Waals surface area contributed by atoms with E-state index in [1.54, 1.807) is 0 Å². The quantitative estimate of drug-likeness (QED) is 0.643. The number of hydrogen-bond acceptors (Lipinski definition) is 3. The van der Waals surface area contributed by atoms with Gasteiger partial charge in [-0.2, -0.15) is 11.8 Å². The number of unbranched alkanes of at least 4 members (excludes halogenated alkanes) is 1. The molecule has 17 heavy (non-hydrogen) atoms. The Morgan fingerprint density at radius 3 is 3.06 bits per heavy atom. The number of hydrogen-bond donors (Lipinski definition) is 1. The molecule has 2 N–H and O–H groups in total. The van der Waals surface area contributed by atoms with Gasteiger partial charge in [0, 0.05) is 18.8 Å². The highest BCUT2D eigenvalue weighted by molar-refractivity contribution is 7.98. The number of nitrogens with zero attached hydrogens (tertiary/aromatic N) is 1. The number of fused-ring (bicyclic) bond motifs is 1. The van der Waals surface area contributed by atoms with Gasteiger partial charge in [0.25, 0.3) is 0 Å². The molecule has 0 saturated heterocycles. The molecule has 1 aromatic carbocycles. The van der Waals surface area contributed by atoms with E-state index in [-0.39, 0.29) is 0 Å². The van der Waals surface area contributed by atoms with Crippen molar-refractivity contribution in [1.82, 2.24) is 4.90 Å². The molecule has 0 spiro atoms. The summed E-state index contributed by atoms with van der Waals surface area (Å²) < 4.78 is 0. The van der Waals surface area contributed by atoms with Gasteiger partial charge in [-0.05, 0) is 55.0 Å². The van der Waals surface area contributed by atoms with Crippen molar-refractivity contribution in [2.24, 2.45) is 0 Å². The molecule has 0 aromatic heterocycles. The molecule has 1 aliphatic heterocycles. The molecule has 0 bridgehead atoms. The van der Waals surface area contributed by atoms with Gasteiger partial charge in [0.1, 0.15) is 0 Å². The molecule has 0 atom stereocenters. The Morgan fingerprint density at radius 1 is 1.35 bits per heavy atom. The van der Waals surface area contributed by atoms with Crippen molar-refractivity contribution in [1.29, 1.82) is 0 Å². The number of thioether (sulfide) groups is 1. The van der Waals surface area contributed by atoms with E-state index in [0.29, 0.717) is 0 Å². The van der Waals surface area contributed by atoms with Crippen LogP contribution < -0.4 is 5.73 Å². The lowest BCUT2D eigenvalue weighted by Crippen LogP contribution is -2.31. The van der Waals surface area contributed by atoms with Gasteiger partial charge >= 0.3 is 0 Å². The summed E-state index contributed by atoms with van der Waals surface area (Å²) in [5.74, 6) is 1.28. The normalized spacial score (nSPS) is 15.8. The van der Waals surface area contributed by atoms with Crippen LogP contribution in [-0.4, -0.2) is 30.0 Å². The summed E-state index contributed by atoms with van der Waals surface area (Å²) >= 11 is 1.94. The first-order valence-electron chi connectivity index (χ1n) is 6.39. The molecule has 2 rings (SSSR count). The zero-order valence-corrected chi connectivity index (χ0v) is 11.4. The van der Waals surface area contributed by atoms with Gasteiger partial charge in [-0.1, -0.05) is 12.1 Å². The molecule has 2 nitrogen and oxygen atoms in total. The maximum atomic E-state index is 6.05. The minimum Gasteiger partial charge on any atom is -0.398 e. The van der Waals surface area contributed by atoms with Gasteiger partial charge in [-0.3, -0.25) is 4.90 Å². The number of benzene rings is 1. The minimum atomic E-state index is 0.969. The predicted octanol–water partition coefficient (Wildman–Crippen LogP) is 2.77. The fraction of sp³-hybridized carbons (Fsp3) is 0.571. The minimum absolute atomic E-state index is 0.969. The molecule has 0 amide bonds. The Hall–Kier alpha value is -0.670. The van der Waals surface area contributed by atoms with Crippen molar-refractivity contribution in [3.8, 4) is 0 Å². The summed E-state index contributed by atoms with van der Waals surface area (Å²) in [7, 11) is 0. The largest absolute Gasteiger partial charge is 0.398 e. The van der Waals surface area contributed by atoms with Crippen LogP contribution in [0.3, 0.4) is 0 Å². The molecular formula is C14H22N2S. The molecule has 3 heteroatoms. The predicted molar refractivity (Wildman–Crippen MR) is 77.5 cm³/mol. The topological polar surface area (TPSA) is 29.3 Å². The maximum absolute atomic E-state index is 6.05. The van der Waals surface area contributed by atoms with Crippen LogP contribution in [-0.2, 0) is 13.0 Å². The second-order valence-corrected chi connectivity index (χ2v) is 5.70. The Balaban J connectivity index is 1.87. The standard InChI is InChI=1S/C14H22N2S/c1-17-10-3-2-8-16-9-7-12-5-4-6-14(15)13(12)11-16/h4-6H,2-3,7-11,15H2,1H3. The molecular weight excluding hydrogens is 228 g/mol. The van der Waals surface area contributed by atoms with Crippen LogP contribution in [0.25, 0.3) is 0 Å². The molecule has 1 aliphatic rings. The first kappa shape index (κ1) is 12.8. The zero-order valence-electron chi connectivity index (χ0n) is 10.6. The molecule has 0 radical (unpaired) electrons. The summed E-state index contributed by atoms with van der Waals surface area (Å²) in [5, 5.41) is 0. The van der Waals surface area contributed by atoms with Gasteiger partial charge in [-0.25, -0.2) is 0 Å². The molecule has 0 unspecified atom stereocenters. The fourth-order valence-corrected chi connectivity index (χ4v) is 2.93. The van der Waals surface area contributed by atoms with Crippen molar-refractivity contribution in [2.75, 3.05) is 30.8 Å². The smallest absolute Gasteiger partial charge is 0.0362 e. The molecule has 0 fully saturated rings. The van der Waals surface area contributed by atoms with E-state index in [4.69, 9.17) is 5.73 Å². The zero-order chi connectivity index (χ0) is 12.1. The van der Waals surface area contributed by atoms with Gasteiger partial charge in [0.2, 0.25) is 0 Å². The Labute approximate surface area is 109 Å². The number of rotatable bonds is 5. The van der Waals surface area contributed by atoms with Crippen LogP contribution in [0.2, 0.25) is 0 Å². The molecule has 94 valence electrons. The lowest BCUT2D eigenvalue weighted by atomic mass is 9.98. The van der Waals surface area contributed by atoms with E-state index >= 15 is 0 Å². The third-order valence-corrected chi connectivity index (χ3v) is 4.16. The highest BCUT2D eigenvalue weighted by Crippen LogP contribution is 2.24. The fourth-order valence-electron chi connectivity index (χ4n) is 2.44. The van der Waals surface area contributed by atoms with Crippen molar-refractivity contribution in [3.05, 3.63) is 29.3 Å². The van der Waals surface area contributed by atoms with Crippen molar-refractivity contribution in [3.63, 3.8) is 0 Å². The summed E-state index contributed by atoms with van der Waals surface area (Å²) in [4.78, 5) is 2.54. The lowest BCUT2D eigenvalue weighted by molar-refractivity contribution is 0.251. The third kappa shape index (κ3) is 3.39. The summed E-state index contributed by atoms with van der Waals surface area (Å²) in [5.41, 5.74) is 9.83. The number of nitrogen functional groups attached to an aromatic ring is 1. The monoisotopic (exact) mass is 250 g/mol. The average molecular weight is 250 g/mol. The maximum Gasteiger partial charge on any atom is 0.0362 e. The molecule has 1 aromatic rings. The van der Waals surface area contributed by atoms with Crippen LogP contribution in [0.15, 0.2) is 18.2 Å². The average Bonchev–Trinajstić information content (AvgIpc) is 2.36. The Bertz CT molecular complexity index is 365. The Morgan fingerprint density at radius 2 is 2.24 bits per heavy atom. The van der Waals surface area contributed by atoms with Crippen molar-refractivity contribution in [2.45, 2.75) is 25.8 Å². The van der Waals surface area contributed by atoms with Crippen LogP contribution >= 0.6 is 11.8 Å². The van der Waals surface area contributed by atoms with Crippen LogP contribution in [0.5, 0.6) is 0 Å². The van der Waals surface area contributed by atoms with E-state index in [9.17, 15) is 0 Å². The molecule has 1 heterocycles. The first-order chi connectivity index (χ1) is 8.31. The van der Waals surface area contributed by atoms with Gasteiger partial charge in [-0.15, -0.1) is 0 Å².